The van der Waals surface area contributed by atoms with E-state index < -0.39 is 5.60 Å². The standard InChI is InChI=1S/C17H20ClNO3/c1-11-7-13-14(20)9-17(22-15(13)8-12(11)2)3-5-19(6-4-17)16(21)10-18/h7-8H,3-6,9-10H2,1-2H3. The molecule has 1 aromatic rings. The van der Waals surface area contributed by atoms with Gasteiger partial charge in [-0.05, 0) is 37.1 Å². The molecule has 0 atom stereocenters. The summed E-state index contributed by atoms with van der Waals surface area (Å²) in [7, 11) is 0. The van der Waals surface area contributed by atoms with Crippen molar-refractivity contribution in [2.24, 2.45) is 0 Å². The summed E-state index contributed by atoms with van der Waals surface area (Å²) in [6.45, 7) is 5.22. The molecule has 2 aliphatic rings. The number of aryl methyl sites for hydroxylation is 2. The first-order valence-electron chi connectivity index (χ1n) is 7.61. The topological polar surface area (TPSA) is 46.6 Å². The van der Waals surface area contributed by atoms with E-state index in [1.165, 1.54) is 0 Å². The van der Waals surface area contributed by atoms with E-state index in [0.29, 0.717) is 43.7 Å². The Labute approximate surface area is 135 Å². The number of hydrogen-bond donors (Lipinski definition) is 0. The Morgan fingerprint density at radius 3 is 2.55 bits per heavy atom. The van der Waals surface area contributed by atoms with Crippen LogP contribution in [-0.4, -0.2) is 41.2 Å². The van der Waals surface area contributed by atoms with Gasteiger partial charge >= 0.3 is 0 Å². The minimum absolute atomic E-state index is 0.00803. The summed E-state index contributed by atoms with van der Waals surface area (Å²) in [4.78, 5) is 25.9. The van der Waals surface area contributed by atoms with Crippen LogP contribution in [0, 0.1) is 13.8 Å². The fourth-order valence-corrected chi connectivity index (χ4v) is 3.45. The molecule has 0 radical (unpaired) electrons. The predicted octanol–water partition coefficient (Wildman–Crippen LogP) is 2.87. The number of nitrogens with zero attached hydrogens (tertiary/aromatic N) is 1. The molecule has 0 aromatic heterocycles. The van der Waals surface area contributed by atoms with E-state index >= 15 is 0 Å². The highest BCUT2D eigenvalue weighted by Gasteiger charge is 2.43. The number of likely N-dealkylation sites (tertiary alicyclic amines) is 1. The smallest absolute Gasteiger partial charge is 0.237 e. The lowest BCUT2D eigenvalue weighted by atomic mass is 9.82. The molecule has 0 unspecified atom stereocenters. The van der Waals surface area contributed by atoms with Gasteiger partial charge in [-0.1, -0.05) is 0 Å². The van der Waals surface area contributed by atoms with Crippen LogP contribution in [0.25, 0.3) is 0 Å². The molecule has 2 aliphatic heterocycles. The molecule has 2 heterocycles. The van der Waals surface area contributed by atoms with E-state index in [4.69, 9.17) is 16.3 Å². The molecular formula is C17H20ClNO3. The first-order valence-corrected chi connectivity index (χ1v) is 8.15. The maximum Gasteiger partial charge on any atom is 0.237 e. The molecule has 118 valence electrons. The third kappa shape index (κ3) is 2.60. The Morgan fingerprint density at radius 1 is 1.27 bits per heavy atom. The number of carbonyl (C=O) groups is 2. The molecule has 0 aliphatic carbocycles. The number of alkyl halides is 1. The van der Waals surface area contributed by atoms with Crippen LogP contribution < -0.4 is 4.74 Å². The molecule has 22 heavy (non-hydrogen) atoms. The summed E-state index contributed by atoms with van der Waals surface area (Å²) in [6.07, 6.45) is 1.74. The highest BCUT2D eigenvalue weighted by Crippen LogP contribution is 2.40. The van der Waals surface area contributed by atoms with Crippen LogP contribution in [0.4, 0.5) is 0 Å². The summed E-state index contributed by atoms with van der Waals surface area (Å²) >= 11 is 5.61. The Balaban J connectivity index is 1.82. The van der Waals surface area contributed by atoms with Gasteiger partial charge in [0.1, 0.15) is 17.2 Å². The highest BCUT2D eigenvalue weighted by atomic mass is 35.5. The fourth-order valence-electron chi connectivity index (χ4n) is 3.28. The van der Waals surface area contributed by atoms with Gasteiger partial charge in [-0.25, -0.2) is 0 Å². The number of hydrogen-bond acceptors (Lipinski definition) is 3. The lowest BCUT2D eigenvalue weighted by molar-refractivity contribution is -0.132. The van der Waals surface area contributed by atoms with Crippen molar-refractivity contribution >= 4 is 23.3 Å². The monoisotopic (exact) mass is 321 g/mol. The van der Waals surface area contributed by atoms with E-state index in [-0.39, 0.29) is 17.6 Å². The van der Waals surface area contributed by atoms with Gasteiger partial charge < -0.3 is 9.64 Å². The number of carbonyl (C=O) groups excluding carboxylic acids is 2. The molecule has 0 bridgehead atoms. The SMILES string of the molecule is Cc1cc2c(cc1C)C(=O)CC1(CCN(C(=O)CCl)CC1)O2. The van der Waals surface area contributed by atoms with Crippen molar-refractivity contribution in [3.63, 3.8) is 0 Å². The average Bonchev–Trinajstić information content (AvgIpc) is 2.49. The average molecular weight is 322 g/mol. The summed E-state index contributed by atoms with van der Waals surface area (Å²) in [5.74, 6) is 0.789. The number of piperidine rings is 1. The number of ketones is 1. The second kappa shape index (κ2) is 5.58. The van der Waals surface area contributed by atoms with Crippen LogP contribution in [0.5, 0.6) is 5.75 Å². The van der Waals surface area contributed by atoms with Crippen LogP contribution in [0.1, 0.15) is 40.7 Å². The van der Waals surface area contributed by atoms with Crippen LogP contribution in [0.3, 0.4) is 0 Å². The predicted molar refractivity (Wildman–Crippen MR) is 84.8 cm³/mol. The van der Waals surface area contributed by atoms with Gasteiger partial charge in [0, 0.05) is 25.9 Å². The van der Waals surface area contributed by atoms with Crippen LogP contribution in [0.2, 0.25) is 0 Å². The van der Waals surface area contributed by atoms with Crippen LogP contribution in [-0.2, 0) is 4.79 Å². The van der Waals surface area contributed by atoms with E-state index in [1.807, 2.05) is 26.0 Å². The number of benzene rings is 1. The number of fused-ring (bicyclic) bond motifs is 1. The van der Waals surface area contributed by atoms with Crippen molar-refractivity contribution in [3.8, 4) is 5.75 Å². The molecule has 1 aromatic carbocycles. The normalized spacial score (nSPS) is 19.8. The zero-order valence-electron chi connectivity index (χ0n) is 12.9. The molecule has 4 nitrogen and oxygen atoms in total. The quantitative estimate of drug-likeness (QED) is 0.747. The lowest BCUT2D eigenvalue weighted by Gasteiger charge is -2.44. The van der Waals surface area contributed by atoms with Crippen LogP contribution >= 0.6 is 11.6 Å². The summed E-state index contributed by atoms with van der Waals surface area (Å²) in [5, 5.41) is 0. The molecule has 3 rings (SSSR count). The fraction of sp³-hybridized carbons (Fsp3) is 0.529. The minimum atomic E-state index is -0.463. The maximum absolute atomic E-state index is 12.5. The van der Waals surface area contributed by atoms with Crippen molar-refractivity contribution in [3.05, 3.63) is 28.8 Å². The third-order valence-electron chi connectivity index (χ3n) is 4.85. The molecule has 5 heteroatoms. The third-order valence-corrected chi connectivity index (χ3v) is 5.08. The lowest BCUT2D eigenvalue weighted by Crippen LogP contribution is -2.52. The number of ether oxygens (including phenoxy) is 1. The number of amides is 1. The van der Waals surface area contributed by atoms with Gasteiger partial charge in [-0.3, -0.25) is 9.59 Å². The van der Waals surface area contributed by atoms with E-state index in [1.54, 1.807) is 4.90 Å². The van der Waals surface area contributed by atoms with Gasteiger partial charge in [0.05, 0.1) is 12.0 Å². The number of rotatable bonds is 1. The number of halogens is 1. The van der Waals surface area contributed by atoms with E-state index in [2.05, 4.69) is 0 Å². The van der Waals surface area contributed by atoms with Crippen molar-refractivity contribution in [2.75, 3.05) is 19.0 Å². The Bertz CT molecular complexity index is 633. The summed E-state index contributed by atoms with van der Waals surface area (Å²) < 4.78 is 6.24. The van der Waals surface area contributed by atoms with Gasteiger partial charge in [-0.2, -0.15) is 0 Å². The van der Waals surface area contributed by atoms with E-state index in [9.17, 15) is 9.59 Å². The number of Topliss-reactive ketones (excluding diaryl/α,β-unsaturated/α-hetero) is 1. The Hall–Kier alpha value is -1.55. The van der Waals surface area contributed by atoms with E-state index in [0.717, 1.165) is 11.1 Å². The van der Waals surface area contributed by atoms with Gasteiger partial charge in [0.15, 0.2) is 5.78 Å². The van der Waals surface area contributed by atoms with Gasteiger partial charge in [0.2, 0.25) is 5.91 Å². The second-order valence-corrected chi connectivity index (χ2v) is 6.60. The van der Waals surface area contributed by atoms with Crippen molar-refractivity contribution in [2.45, 2.75) is 38.7 Å². The van der Waals surface area contributed by atoms with Crippen molar-refractivity contribution < 1.29 is 14.3 Å². The maximum atomic E-state index is 12.5. The van der Waals surface area contributed by atoms with Crippen molar-refractivity contribution in [1.82, 2.24) is 4.90 Å². The first-order chi connectivity index (χ1) is 10.4. The first kappa shape index (κ1) is 15.3. The molecule has 0 N–H and O–H groups in total. The molecule has 1 amide bonds. The minimum Gasteiger partial charge on any atom is -0.486 e. The van der Waals surface area contributed by atoms with Crippen LogP contribution in [0.15, 0.2) is 12.1 Å². The van der Waals surface area contributed by atoms with Gasteiger partial charge in [-0.15, -0.1) is 11.6 Å². The second-order valence-electron chi connectivity index (χ2n) is 6.33. The van der Waals surface area contributed by atoms with Crippen molar-refractivity contribution in [1.29, 1.82) is 0 Å². The zero-order valence-corrected chi connectivity index (χ0v) is 13.7. The molecular weight excluding hydrogens is 302 g/mol. The summed E-state index contributed by atoms with van der Waals surface area (Å²) in [6, 6.07) is 3.88. The molecule has 0 saturated carbocycles. The molecule has 1 spiro atoms. The largest absolute Gasteiger partial charge is 0.486 e. The summed E-state index contributed by atoms with van der Waals surface area (Å²) in [5.41, 5.74) is 2.45. The molecule has 1 fully saturated rings. The Kier molecular flexibility index (Phi) is 3.89. The molecule has 1 saturated heterocycles. The Morgan fingerprint density at radius 2 is 1.91 bits per heavy atom. The highest BCUT2D eigenvalue weighted by molar-refractivity contribution is 6.27. The van der Waals surface area contributed by atoms with Gasteiger partial charge in [0.25, 0.3) is 0 Å². The zero-order chi connectivity index (χ0) is 15.9.